The van der Waals surface area contributed by atoms with Crippen molar-refractivity contribution in [3.8, 4) is 17.1 Å². The highest BCUT2D eigenvalue weighted by atomic mass is 79.9. The van der Waals surface area contributed by atoms with Gasteiger partial charge in [-0.15, -0.1) is 0 Å². The number of benzene rings is 3. The number of carbonyl (C=O) groups is 1. The number of primary amides is 1. The van der Waals surface area contributed by atoms with Crippen LogP contribution in [0, 0.1) is 0 Å². The summed E-state index contributed by atoms with van der Waals surface area (Å²) >= 11 is 3.53. The lowest BCUT2D eigenvalue weighted by Crippen LogP contribution is -2.26. The van der Waals surface area contributed by atoms with Crippen molar-refractivity contribution < 1.29 is 14.6 Å². The summed E-state index contributed by atoms with van der Waals surface area (Å²) in [6.45, 7) is 11.2. The minimum absolute atomic E-state index is 0.140. The molecule has 4 N–H and O–H groups in total. The Morgan fingerprint density at radius 1 is 1.09 bits per heavy atom. The highest BCUT2D eigenvalue weighted by molar-refractivity contribution is 9.10. The number of carbonyl (C=O) groups excluding carboxylic acids is 1. The SMILES string of the molecule is CCCN(CCC)c1ccc(-c2nc3cc(C(CC(N)=O)NCc4cc(Br)c(OC)c(CO)c4)ccc3n2C(C)C)cc1. The van der Waals surface area contributed by atoms with Crippen LogP contribution in [0.3, 0.4) is 0 Å². The van der Waals surface area contributed by atoms with E-state index >= 15 is 0 Å². The second-order valence-corrected chi connectivity index (χ2v) is 12.1. The van der Waals surface area contributed by atoms with Crippen molar-refractivity contribution in [3.05, 3.63) is 75.8 Å². The van der Waals surface area contributed by atoms with E-state index in [-0.39, 0.29) is 25.1 Å². The molecule has 0 bridgehead atoms. The summed E-state index contributed by atoms with van der Waals surface area (Å²) in [5, 5.41) is 13.3. The molecular formula is C34H44BrN5O3. The van der Waals surface area contributed by atoms with Gasteiger partial charge in [0.15, 0.2) is 0 Å². The van der Waals surface area contributed by atoms with Crippen LogP contribution in [0.1, 0.15) is 75.7 Å². The fourth-order valence-corrected chi connectivity index (χ4v) is 6.41. The number of methoxy groups -OCH3 is 1. The number of hydrogen-bond donors (Lipinski definition) is 3. The number of rotatable bonds is 15. The third-order valence-corrected chi connectivity index (χ3v) is 8.21. The minimum Gasteiger partial charge on any atom is -0.495 e. The highest BCUT2D eigenvalue weighted by Gasteiger charge is 2.20. The first kappa shape index (κ1) is 32.5. The van der Waals surface area contributed by atoms with E-state index in [1.807, 2.05) is 18.2 Å². The zero-order chi connectivity index (χ0) is 31.1. The van der Waals surface area contributed by atoms with Gasteiger partial charge in [0.05, 0.1) is 29.2 Å². The Kier molecular flexibility index (Phi) is 11.2. The van der Waals surface area contributed by atoms with E-state index in [1.54, 1.807) is 7.11 Å². The molecule has 3 aromatic carbocycles. The minimum atomic E-state index is -0.391. The number of ether oxygens (including phenoxy) is 1. The quantitative estimate of drug-likeness (QED) is 0.130. The maximum absolute atomic E-state index is 12.1. The Balaban J connectivity index is 1.66. The number of fused-ring (bicyclic) bond motifs is 1. The molecule has 0 spiro atoms. The maximum atomic E-state index is 12.1. The number of aliphatic hydroxyl groups is 1. The molecule has 4 aromatic rings. The van der Waals surface area contributed by atoms with Crippen LogP contribution < -0.4 is 20.7 Å². The van der Waals surface area contributed by atoms with Crippen LogP contribution in [0.5, 0.6) is 5.75 Å². The standard InChI is InChI=1S/C34H44BrN5O3/c1-6-14-39(15-7-2)27-11-8-24(9-12-27)34-38-30-18-25(10-13-31(30)40(34)22(3)4)29(19-32(36)42)37-20-23-16-26(21-41)33(43-5)28(35)17-23/h8-13,16-18,22,29,37,41H,6-7,14-15,19-21H2,1-5H3,(H2,36,42). The molecule has 4 rings (SSSR count). The van der Waals surface area contributed by atoms with Crippen molar-refractivity contribution in [3.63, 3.8) is 0 Å². The number of nitrogens with zero attached hydrogens (tertiary/aromatic N) is 3. The first-order valence-corrected chi connectivity index (χ1v) is 15.8. The molecule has 1 heterocycles. The molecule has 0 aliphatic carbocycles. The van der Waals surface area contributed by atoms with Crippen LogP contribution in [-0.2, 0) is 17.9 Å². The first-order chi connectivity index (χ1) is 20.7. The van der Waals surface area contributed by atoms with E-state index in [0.29, 0.717) is 17.9 Å². The van der Waals surface area contributed by atoms with Crippen molar-refractivity contribution in [2.45, 2.75) is 72.2 Å². The van der Waals surface area contributed by atoms with Gasteiger partial charge >= 0.3 is 0 Å². The van der Waals surface area contributed by atoms with Gasteiger partial charge in [0.25, 0.3) is 0 Å². The number of nitrogens with two attached hydrogens (primary N) is 1. The number of aliphatic hydroxyl groups excluding tert-OH is 1. The molecule has 8 nitrogen and oxygen atoms in total. The molecule has 0 aliphatic rings. The van der Waals surface area contributed by atoms with Crippen molar-refractivity contribution in [1.29, 1.82) is 0 Å². The van der Waals surface area contributed by atoms with Crippen molar-refractivity contribution >= 4 is 38.6 Å². The van der Waals surface area contributed by atoms with Gasteiger partial charge in [-0.25, -0.2) is 4.98 Å². The van der Waals surface area contributed by atoms with E-state index in [4.69, 9.17) is 15.5 Å². The molecule has 1 atom stereocenters. The number of halogens is 1. The van der Waals surface area contributed by atoms with E-state index < -0.39 is 5.91 Å². The molecule has 1 unspecified atom stereocenters. The van der Waals surface area contributed by atoms with E-state index in [0.717, 1.165) is 64.0 Å². The molecule has 0 aliphatic heterocycles. The molecular weight excluding hydrogens is 606 g/mol. The Morgan fingerprint density at radius 2 is 1.79 bits per heavy atom. The van der Waals surface area contributed by atoms with Crippen molar-refractivity contribution in [1.82, 2.24) is 14.9 Å². The van der Waals surface area contributed by atoms with Crippen LogP contribution in [0.2, 0.25) is 0 Å². The average molecular weight is 651 g/mol. The van der Waals surface area contributed by atoms with Gasteiger partial charge in [-0.1, -0.05) is 19.9 Å². The lowest BCUT2D eigenvalue weighted by molar-refractivity contribution is -0.118. The van der Waals surface area contributed by atoms with Crippen LogP contribution in [-0.4, -0.2) is 40.8 Å². The summed E-state index contributed by atoms with van der Waals surface area (Å²) in [5.41, 5.74) is 12.5. The molecule has 43 heavy (non-hydrogen) atoms. The predicted octanol–water partition coefficient (Wildman–Crippen LogP) is 6.88. The van der Waals surface area contributed by atoms with Gasteiger partial charge in [-0.05, 0) is 102 Å². The second kappa shape index (κ2) is 14.9. The van der Waals surface area contributed by atoms with Crippen LogP contribution in [0.25, 0.3) is 22.4 Å². The number of aromatic nitrogens is 2. The van der Waals surface area contributed by atoms with Gasteiger partial charge in [0, 0.05) is 55.0 Å². The van der Waals surface area contributed by atoms with Crippen LogP contribution in [0.15, 0.2) is 59.1 Å². The zero-order valence-electron chi connectivity index (χ0n) is 25.9. The maximum Gasteiger partial charge on any atom is 0.219 e. The molecule has 230 valence electrons. The van der Waals surface area contributed by atoms with Gasteiger partial charge < -0.3 is 30.4 Å². The second-order valence-electron chi connectivity index (χ2n) is 11.2. The number of hydrogen-bond acceptors (Lipinski definition) is 6. The molecule has 0 saturated carbocycles. The number of imidazole rings is 1. The van der Waals surface area contributed by atoms with Gasteiger partial charge in [-0.3, -0.25) is 4.79 Å². The summed E-state index contributed by atoms with van der Waals surface area (Å²) in [5.74, 6) is 1.14. The molecule has 0 radical (unpaired) electrons. The Bertz CT molecular complexity index is 1530. The van der Waals surface area contributed by atoms with Gasteiger partial charge in [-0.2, -0.15) is 0 Å². The summed E-state index contributed by atoms with van der Waals surface area (Å²) in [7, 11) is 1.58. The number of amides is 1. The highest BCUT2D eigenvalue weighted by Crippen LogP contribution is 2.33. The Hall–Kier alpha value is -3.40. The summed E-state index contributed by atoms with van der Waals surface area (Å²) in [6, 6.07) is 18.7. The molecule has 1 amide bonds. The van der Waals surface area contributed by atoms with Crippen LogP contribution >= 0.6 is 15.9 Å². The largest absolute Gasteiger partial charge is 0.495 e. The predicted molar refractivity (Wildman–Crippen MR) is 178 cm³/mol. The third-order valence-electron chi connectivity index (χ3n) is 7.62. The number of anilines is 1. The lowest BCUT2D eigenvalue weighted by atomic mass is 10.0. The topological polar surface area (TPSA) is 106 Å². The fourth-order valence-electron chi connectivity index (χ4n) is 5.70. The summed E-state index contributed by atoms with van der Waals surface area (Å²) in [4.78, 5) is 19.6. The van der Waals surface area contributed by atoms with Crippen LogP contribution in [0.4, 0.5) is 5.69 Å². The van der Waals surface area contributed by atoms with Crippen molar-refractivity contribution in [2.75, 3.05) is 25.1 Å². The Labute approximate surface area is 263 Å². The fraction of sp³-hybridized carbons (Fsp3) is 0.412. The monoisotopic (exact) mass is 649 g/mol. The van der Waals surface area contributed by atoms with Gasteiger partial charge in [0.2, 0.25) is 5.91 Å². The van der Waals surface area contributed by atoms with E-state index in [9.17, 15) is 9.90 Å². The van der Waals surface area contributed by atoms with E-state index in [2.05, 4.69) is 94.8 Å². The smallest absolute Gasteiger partial charge is 0.219 e. The van der Waals surface area contributed by atoms with Gasteiger partial charge in [0.1, 0.15) is 11.6 Å². The summed E-state index contributed by atoms with van der Waals surface area (Å²) in [6.07, 6.45) is 2.36. The first-order valence-electron chi connectivity index (χ1n) is 15.1. The molecule has 1 aromatic heterocycles. The number of nitrogens with one attached hydrogen (secondary N) is 1. The normalized spacial score (nSPS) is 12.2. The zero-order valence-corrected chi connectivity index (χ0v) is 27.4. The van der Waals surface area contributed by atoms with Crippen molar-refractivity contribution in [2.24, 2.45) is 5.73 Å². The van der Waals surface area contributed by atoms with E-state index in [1.165, 1.54) is 5.69 Å². The lowest BCUT2D eigenvalue weighted by Gasteiger charge is -2.24. The third kappa shape index (κ3) is 7.58. The summed E-state index contributed by atoms with van der Waals surface area (Å²) < 4.78 is 8.44. The molecule has 9 heteroatoms. The molecule has 0 saturated heterocycles. The average Bonchev–Trinajstić information content (AvgIpc) is 3.38. The molecule has 0 fully saturated rings. The Morgan fingerprint density at radius 3 is 2.37 bits per heavy atom.